The van der Waals surface area contributed by atoms with Crippen molar-refractivity contribution in [3.8, 4) is 0 Å². The van der Waals surface area contributed by atoms with Crippen LogP contribution in [-0.4, -0.2) is 49.6 Å². The Hall–Kier alpha value is -0.940. The van der Waals surface area contributed by atoms with Gasteiger partial charge in [-0.2, -0.15) is 0 Å². The molecule has 2 aliphatic rings. The summed E-state index contributed by atoms with van der Waals surface area (Å²) in [4.78, 5) is 25.5. The van der Waals surface area contributed by atoms with Crippen LogP contribution in [0.2, 0.25) is 0 Å². The van der Waals surface area contributed by atoms with E-state index in [1.54, 1.807) is 0 Å². The Balaban J connectivity index is 2.03. The van der Waals surface area contributed by atoms with Crippen LogP contribution < -0.4 is 5.32 Å². The summed E-state index contributed by atoms with van der Waals surface area (Å²) in [6, 6.07) is 0.134. The summed E-state index contributed by atoms with van der Waals surface area (Å²) in [5.41, 5.74) is -0.540. The second kappa shape index (κ2) is 4.97. The Morgan fingerprint density at radius 3 is 2.67 bits per heavy atom. The van der Waals surface area contributed by atoms with Gasteiger partial charge in [-0.25, -0.2) is 0 Å². The predicted molar refractivity (Wildman–Crippen MR) is 66.9 cm³/mol. The van der Waals surface area contributed by atoms with Crippen molar-refractivity contribution in [1.29, 1.82) is 0 Å². The molecule has 0 spiro atoms. The number of carbonyl (C=O) groups excluding carboxylic acids is 2. The van der Waals surface area contributed by atoms with E-state index < -0.39 is 5.41 Å². The molecule has 2 atom stereocenters. The lowest BCUT2D eigenvalue weighted by molar-refractivity contribution is -0.141. The number of ether oxygens (including phenoxy) is 1. The normalized spacial score (nSPS) is 29.1. The Morgan fingerprint density at radius 2 is 2.22 bits per heavy atom. The first-order valence-electron chi connectivity index (χ1n) is 6.55. The van der Waals surface area contributed by atoms with Crippen LogP contribution in [0.3, 0.4) is 0 Å². The van der Waals surface area contributed by atoms with E-state index in [4.69, 9.17) is 4.74 Å². The van der Waals surface area contributed by atoms with E-state index in [9.17, 15) is 9.59 Å². The molecule has 2 rings (SSSR count). The highest BCUT2D eigenvalue weighted by atomic mass is 16.5. The number of hydrogen-bond donors (Lipinski definition) is 1. The lowest BCUT2D eigenvalue weighted by Crippen LogP contribution is -2.47. The Bertz CT molecular complexity index is 348. The summed E-state index contributed by atoms with van der Waals surface area (Å²) < 4.78 is 5.37. The fourth-order valence-electron chi connectivity index (χ4n) is 2.76. The third-order valence-electron chi connectivity index (χ3n) is 4.00. The van der Waals surface area contributed by atoms with E-state index in [0.717, 1.165) is 13.0 Å². The monoisotopic (exact) mass is 254 g/mol. The zero-order valence-corrected chi connectivity index (χ0v) is 11.4. The van der Waals surface area contributed by atoms with Crippen LogP contribution in [0.5, 0.6) is 0 Å². The summed E-state index contributed by atoms with van der Waals surface area (Å²) in [6.45, 7) is 5.62. The zero-order valence-electron chi connectivity index (χ0n) is 11.4. The van der Waals surface area contributed by atoms with Gasteiger partial charge in [-0.3, -0.25) is 14.5 Å². The first-order valence-corrected chi connectivity index (χ1v) is 6.55. The van der Waals surface area contributed by atoms with Crippen LogP contribution >= 0.6 is 0 Å². The average molecular weight is 254 g/mol. The van der Waals surface area contributed by atoms with Crippen LogP contribution in [0.1, 0.15) is 26.7 Å². The number of rotatable bonds is 4. The largest absolute Gasteiger partial charge is 0.381 e. The number of carbonyl (C=O) groups is 2. The van der Waals surface area contributed by atoms with E-state index in [1.165, 1.54) is 4.90 Å². The van der Waals surface area contributed by atoms with E-state index in [1.807, 2.05) is 20.9 Å². The molecular weight excluding hydrogens is 232 g/mol. The van der Waals surface area contributed by atoms with Gasteiger partial charge in [-0.05, 0) is 13.5 Å². The van der Waals surface area contributed by atoms with Crippen molar-refractivity contribution in [2.45, 2.75) is 32.7 Å². The first kappa shape index (κ1) is 13.5. The van der Waals surface area contributed by atoms with Crippen molar-refractivity contribution in [3.05, 3.63) is 0 Å². The van der Waals surface area contributed by atoms with Crippen LogP contribution in [-0.2, 0) is 14.3 Å². The molecule has 1 N–H and O–H groups in total. The Kier molecular flexibility index (Phi) is 3.73. The number of nitrogens with one attached hydrogen (secondary N) is 1. The van der Waals surface area contributed by atoms with E-state index in [2.05, 4.69) is 5.32 Å². The van der Waals surface area contributed by atoms with Gasteiger partial charge in [0.25, 0.3) is 0 Å². The molecule has 2 aliphatic heterocycles. The second-order valence-electron chi connectivity index (χ2n) is 5.89. The minimum atomic E-state index is -0.540. The molecule has 0 saturated carbocycles. The fraction of sp³-hybridized carbons (Fsp3) is 0.846. The van der Waals surface area contributed by atoms with Crippen molar-refractivity contribution >= 4 is 11.8 Å². The molecule has 2 fully saturated rings. The molecule has 0 aromatic carbocycles. The fourth-order valence-corrected chi connectivity index (χ4v) is 2.76. The van der Waals surface area contributed by atoms with Gasteiger partial charge in [-0.1, -0.05) is 13.8 Å². The molecule has 2 heterocycles. The third kappa shape index (κ3) is 2.42. The molecule has 5 heteroatoms. The van der Waals surface area contributed by atoms with Gasteiger partial charge in [0.2, 0.25) is 11.8 Å². The number of amides is 2. The minimum Gasteiger partial charge on any atom is -0.381 e. The number of nitrogens with zero attached hydrogens (tertiary/aromatic N) is 1. The topological polar surface area (TPSA) is 58.6 Å². The van der Waals surface area contributed by atoms with Crippen molar-refractivity contribution in [2.75, 3.05) is 26.8 Å². The molecule has 18 heavy (non-hydrogen) atoms. The van der Waals surface area contributed by atoms with E-state index >= 15 is 0 Å². The van der Waals surface area contributed by atoms with Gasteiger partial charge in [0.1, 0.15) is 0 Å². The molecule has 0 bridgehead atoms. The third-order valence-corrected chi connectivity index (χ3v) is 4.00. The Labute approximate surface area is 108 Å². The van der Waals surface area contributed by atoms with Crippen molar-refractivity contribution in [1.82, 2.24) is 10.2 Å². The van der Waals surface area contributed by atoms with Crippen LogP contribution in [0.4, 0.5) is 0 Å². The molecule has 0 aromatic heterocycles. The number of likely N-dealkylation sites (N-methyl/N-ethyl adjacent to an activating group) is 1. The number of likely N-dealkylation sites (tertiary alicyclic amines) is 1. The summed E-state index contributed by atoms with van der Waals surface area (Å²) in [5, 5.41) is 3.21. The van der Waals surface area contributed by atoms with Crippen molar-refractivity contribution in [3.63, 3.8) is 0 Å². The highest BCUT2D eigenvalue weighted by Crippen LogP contribution is 2.32. The van der Waals surface area contributed by atoms with Crippen LogP contribution in [0.25, 0.3) is 0 Å². The van der Waals surface area contributed by atoms with Gasteiger partial charge in [0.15, 0.2) is 0 Å². The molecule has 0 aliphatic carbocycles. The van der Waals surface area contributed by atoms with Gasteiger partial charge in [-0.15, -0.1) is 0 Å². The van der Waals surface area contributed by atoms with Crippen molar-refractivity contribution in [2.24, 2.45) is 11.3 Å². The SMILES string of the molecule is CNC(CN1C(=O)CC(C)(C)C1=O)C1CCOC1. The summed E-state index contributed by atoms with van der Waals surface area (Å²) in [7, 11) is 1.87. The van der Waals surface area contributed by atoms with E-state index in [-0.39, 0.29) is 17.9 Å². The first-order chi connectivity index (χ1) is 8.45. The average Bonchev–Trinajstić information content (AvgIpc) is 2.87. The summed E-state index contributed by atoms with van der Waals surface area (Å²) >= 11 is 0. The van der Waals surface area contributed by atoms with Crippen LogP contribution in [0, 0.1) is 11.3 Å². The molecule has 0 aromatic rings. The van der Waals surface area contributed by atoms with E-state index in [0.29, 0.717) is 25.5 Å². The minimum absolute atomic E-state index is 0.0494. The zero-order chi connectivity index (χ0) is 13.3. The maximum absolute atomic E-state index is 12.1. The molecule has 2 amide bonds. The molecule has 2 saturated heterocycles. The Morgan fingerprint density at radius 1 is 1.50 bits per heavy atom. The predicted octanol–water partition coefficient (Wildman–Crippen LogP) is 0.396. The molecule has 102 valence electrons. The van der Waals surface area contributed by atoms with Gasteiger partial charge < -0.3 is 10.1 Å². The highest BCUT2D eigenvalue weighted by molar-refractivity contribution is 6.05. The lowest BCUT2D eigenvalue weighted by atomic mass is 9.92. The number of imide groups is 1. The second-order valence-corrected chi connectivity index (χ2v) is 5.89. The lowest BCUT2D eigenvalue weighted by Gasteiger charge is -2.27. The molecular formula is C13H22N2O3. The molecule has 2 unspecified atom stereocenters. The van der Waals surface area contributed by atoms with Gasteiger partial charge in [0, 0.05) is 31.5 Å². The summed E-state index contributed by atoms with van der Waals surface area (Å²) in [5.74, 6) is 0.287. The highest BCUT2D eigenvalue weighted by Gasteiger charge is 2.45. The maximum atomic E-state index is 12.1. The maximum Gasteiger partial charge on any atom is 0.235 e. The summed E-state index contributed by atoms with van der Waals surface area (Å²) in [6.07, 6.45) is 1.31. The quantitative estimate of drug-likeness (QED) is 0.738. The molecule has 0 radical (unpaired) electrons. The van der Waals surface area contributed by atoms with Crippen LogP contribution in [0.15, 0.2) is 0 Å². The van der Waals surface area contributed by atoms with Crippen molar-refractivity contribution < 1.29 is 14.3 Å². The number of hydrogen-bond acceptors (Lipinski definition) is 4. The smallest absolute Gasteiger partial charge is 0.235 e. The molecule has 5 nitrogen and oxygen atoms in total. The van der Waals surface area contributed by atoms with Gasteiger partial charge >= 0.3 is 0 Å². The van der Waals surface area contributed by atoms with Gasteiger partial charge in [0.05, 0.1) is 12.0 Å². The standard InChI is InChI=1S/C13H22N2O3/c1-13(2)6-11(16)15(12(13)17)7-10(14-3)9-4-5-18-8-9/h9-10,14H,4-8H2,1-3H3.